The average molecular weight is 387 g/mol. The monoisotopic (exact) mass is 387 g/mol. The van der Waals surface area contributed by atoms with Crippen LogP contribution in [-0.2, 0) is 6.61 Å². The summed E-state index contributed by atoms with van der Waals surface area (Å²) < 4.78 is 33.3. The second kappa shape index (κ2) is 7.55. The number of hydrogen-bond acceptors (Lipinski definition) is 5. The van der Waals surface area contributed by atoms with E-state index in [1.807, 2.05) is 0 Å². The van der Waals surface area contributed by atoms with E-state index in [0.717, 1.165) is 6.20 Å². The summed E-state index contributed by atoms with van der Waals surface area (Å²) in [6.07, 6.45) is 2.21. The van der Waals surface area contributed by atoms with E-state index in [-0.39, 0.29) is 23.7 Å². The largest absolute Gasteiger partial charge is 0.481 e. The first kappa shape index (κ1) is 19.2. The topological polar surface area (TPSA) is 94.3 Å². The minimum Gasteiger partial charge on any atom is -0.481 e. The fraction of sp³-hybridized carbons (Fsp3) is 0.158. The fourth-order valence-corrected chi connectivity index (χ4v) is 2.59. The normalized spacial score (nSPS) is 10.7. The molecule has 3 aromatic heterocycles. The highest BCUT2D eigenvalue weighted by atomic mass is 19.1. The summed E-state index contributed by atoms with van der Waals surface area (Å²) >= 11 is 0. The van der Waals surface area contributed by atoms with Crippen LogP contribution in [0.15, 0.2) is 41.5 Å². The Morgan fingerprint density at radius 2 is 1.93 bits per heavy atom. The first-order chi connectivity index (χ1) is 13.3. The molecule has 3 heterocycles. The molecule has 9 heteroatoms. The molecule has 3 rings (SSSR count). The number of carboxylic acid groups (broad SMARTS) is 1. The Bertz CT molecular complexity index is 1130. The highest BCUT2D eigenvalue weighted by molar-refractivity contribution is 5.86. The van der Waals surface area contributed by atoms with Gasteiger partial charge in [-0.2, -0.15) is 0 Å². The van der Waals surface area contributed by atoms with Crippen molar-refractivity contribution >= 4 is 5.97 Å². The molecule has 0 bridgehead atoms. The SMILES string of the molecule is Cc1cnc(C(=O)O)cc1-n1c(C)ccc(OCc2ncc(F)cc2F)c1=O. The van der Waals surface area contributed by atoms with Gasteiger partial charge in [0.2, 0.25) is 0 Å². The van der Waals surface area contributed by atoms with Gasteiger partial charge in [0, 0.05) is 18.0 Å². The number of halogens is 2. The van der Waals surface area contributed by atoms with Gasteiger partial charge in [-0.1, -0.05) is 0 Å². The summed E-state index contributed by atoms with van der Waals surface area (Å²) in [5.41, 5.74) is 0.532. The molecule has 0 radical (unpaired) electrons. The number of ether oxygens (including phenoxy) is 1. The lowest BCUT2D eigenvalue weighted by atomic mass is 10.2. The summed E-state index contributed by atoms with van der Waals surface area (Å²) in [6.45, 7) is 2.98. The molecule has 0 atom stereocenters. The average Bonchev–Trinajstić information content (AvgIpc) is 2.63. The van der Waals surface area contributed by atoms with E-state index in [9.17, 15) is 18.4 Å². The number of carbonyl (C=O) groups is 1. The van der Waals surface area contributed by atoms with Crippen molar-refractivity contribution < 1.29 is 23.4 Å². The molecular formula is C19H15F2N3O4. The van der Waals surface area contributed by atoms with Gasteiger partial charge in [0.15, 0.2) is 11.6 Å². The maximum absolute atomic E-state index is 13.7. The predicted molar refractivity (Wildman–Crippen MR) is 94.8 cm³/mol. The standard InChI is InChI=1S/C19H15F2N3O4/c1-10-7-22-14(19(26)27)6-16(10)24-11(2)3-4-17(18(24)25)28-9-15-13(21)5-12(20)8-23-15/h3-8H,9H2,1-2H3,(H,26,27). The number of aryl methyl sites for hydroxylation is 2. The van der Waals surface area contributed by atoms with Crippen molar-refractivity contribution in [2.75, 3.05) is 0 Å². The van der Waals surface area contributed by atoms with Crippen molar-refractivity contribution in [3.8, 4) is 11.4 Å². The minimum atomic E-state index is -1.22. The Labute approximate surface area is 157 Å². The number of aromatic carboxylic acids is 1. The summed E-state index contributed by atoms with van der Waals surface area (Å²) in [5.74, 6) is -3.02. The third-order valence-corrected chi connectivity index (χ3v) is 4.03. The Morgan fingerprint density at radius 3 is 2.61 bits per heavy atom. The van der Waals surface area contributed by atoms with E-state index in [1.165, 1.54) is 22.9 Å². The van der Waals surface area contributed by atoms with Crippen LogP contribution in [-0.4, -0.2) is 25.6 Å². The van der Waals surface area contributed by atoms with Crippen molar-refractivity contribution in [2.45, 2.75) is 20.5 Å². The predicted octanol–water partition coefficient (Wildman–Crippen LogP) is 2.80. The lowest BCUT2D eigenvalue weighted by Crippen LogP contribution is -2.23. The van der Waals surface area contributed by atoms with Gasteiger partial charge in [-0.15, -0.1) is 0 Å². The highest BCUT2D eigenvalue weighted by Gasteiger charge is 2.15. The number of aromatic nitrogens is 3. The molecule has 28 heavy (non-hydrogen) atoms. The smallest absolute Gasteiger partial charge is 0.354 e. The van der Waals surface area contributed by atoms with Crippen LogP contribution < -0.4 is 10.3 Å². The molecule has 0 aromatic carbocycles. The van der Waals surface area contributed by atoms with Crippen LogP contribution in [0.3, 0.4) is 0 Å². The molecule has 0 fully saturated rings. The minimum absolute atomic E-state index is 0.0933. The second-order valence-electron chi connectivity index (χ2n) is 6.01. The highest BCUT2D eigenvalue weighted by Crippen LogP contribution is 2.18. The van der Waals surface area contributed by atoms with Gasteiger partial charge in [0.1, 0.15) is 23.8 Å². The van der Waals surface area contributed by atoms with Crippen molar-refractivity contribution in [3.63, 3.8) is 0 Å². The molecule has 144 valence electrons. The van der Waals surface area contributed by atoms with Gasteiger partial charge >= 0.3 is 5.97 Å². The Kier molecular flexibility index (Phi) is 5.16. The zero-order valence-corrected chi connectivity index (χ0v) is 14.9. The van der Waals surface area contributed by atoms with Gasteiger partial charge in [-0.3, -0.25) is 14.3 Å². The molecule has 7 nitrogen and oxygen atoms in total. The van der Waals surface area contributed by atoms with Crippen LogP contribution in [0.1, 0.15) is 27.4 Å². The molecule has 0 aliphatic rings. The molecule has 0 spiro atoms. The third-order valence-electron chi connectivity index (χ3n) is 4.03. The van der Waals surface area contributed by atoms with Crippen LogP contribution in [0.2, 0.25) is 0 Å². The Balaban J connectivity index is 2.00. The second-order valence-corrected chi connectivity index (χ2v) is 6.01. The van der Waals surface area contributed by atoms with Crippen molar-refractivity contribution in [2.24, 2.45) is 0 Å². The molecule has 0 amide bonds. The van der Waals surface area contributed by atoms with Crippen LogP contribution in [0.5, 0.6) is 5.75 Å². The van der Waals surface area contributed by atoms with Gasteiger partial charge in [-0.05, 0) is 37.6 Å². The van der Waals surface area contributed by atoms with E-state index in [2.05, 4.69) is 9.97 Å². The van der Waals surface area contributed by atoms with Gasteiger partial charge in [0.25, 0.3) is 5.56 Å². The van der Waals surface area contributed by atoms with Crippen molar-refractivity contribution in [1.82, 2.24) is 14.5 Å². The number of hydrogen-bond donors (Lipinski definition) is 1. The zero-order chi connectivity index (χ0) is 20.4. The quantitative estimate of drug-likeness (QED) is 0.724. The first-order valence-corrected chi connectivity index (χ1v) is 8.13. The lowest BCUT2D eigenvalue weighted by Gasteiger charge is -2.15. The number of rotatable bonds is 5. The molecule has 1 N–H and O–H groups in total. The summed E-state index contributed by atoms with van der Waals surface area (Å²) in [7, 11) is 0. The van der Waals surface area contributed by atoms with Gasteiger partial charge in [-0.25, -0.2) is 18.6 Å². The van der Waals surface area contributed by atoms with E-state index >= 15 is 0 Å². The first-order valence-electron chi connectivity index (χ1n) is 8.13. The van der Waals surface area contributed by atoms with E-state index in [0.29, 0.717) is 23.0 Å². The number of nitrogens with zero attached hydrogens (tertiary/aromatic N) is 3. The molecule has 0 saturated heterocycles. The maximum atomic E-state index is 13.7. The number of pyridine rings is 3. The Hall–Kier alpha value is -3.62. The summed E-state index contributed by atoms with van der Waals surface area (Å²) in [4.78, 5) is 31.5. The van der Waals surface area contributed by atoms with Crippen LogP contribution in [0, 0.1) is 25.5 Å². The number of carboxylic acids is 1. The molecular weight excluding hydrogens is 372 g/mol. The molecule has 0 unspecified atom stereocenters. The van der Waals surface area contributed by atoms with E-state index in [4.69, 9.17) is 9.84 Å². The van der Waals surface area contributed by atoms with Crippen LogP contribution in [0.25, 0.3) is 5.69 Å². The molecule has 0 saturated carbocycles. The zero-order valence-electron chi connectivity index (χ0n) is 14.9. The Morgan fingerprint density at radius 1 is 1.18 bits per heavy atom. The summed E-state index contributed by atoms with van der Waals surface area (Å²) in [5, 5.41) is 9.15. The summed E-state index contributed by atoms with van der Waals surface area (Å²) in [6, 6.07) is 4.99. The fourth-order valence-electron chi connectivity index (χ4n) is 2.59. The van der Waals surface area contributed by atoms with E-state index in [1.54, 1.807) is 19.9 Å². The molecule has 0 aliphatic heterocycles. The molecule has 0 aliphatic carbocycles. The van der Waals surface area contributed by atoms with Crippen molar-refractivity contribution in [3.05, 3.63) is 81.3 Å². The van der Waals surface area contributed by atoms with Crippen LogP contribution in [0.4, 0.5) is 8.78 Å². The van der Waals surface area contributed by atoms with E-state index < -0.39 is 23.2 Å². The van der Waals surface area contributed by atoms with Gasteiger partial charge in [0.05, 0.1) is 11.9 Å². The van der Waals surface area contributed by atoms with Crippen LogP contribution >= 0.6 is 0 Å². The van der Waals surface area contributed by atoms with Gasteiger partial charge < -0.3 is 9.84 Å². The maximum Gasteiger partial charge on any atom is 0.354 e. The third kappa shape index (κ3) is 3.73. The molecule has 3 aromatic rings. The van der Waals surface area contributed by atoms with Crippen molar-refractivity contribution in [1.29, 1.82) is 0 Å². The lowest BCUT2D eigenvalue weighted by molar-refractivity contribution is 0.0690.